The van der Waals surface area contributed by atoms with Crippen LogP contribution in [0.2, 0.25) is 0 Å². The number of nitrogens with zero attached hydrogens (tertiary/aromatic N) is 5. The fourth-order valence-electron chi connectivity index (χ4n) is 9.93. The Labute approximate surface area is 393 Å². The SMILES string of the molecule is c1ccc(-c2ccc(-c3ccc(-c4ccccc4)cc3-n3c4ccccc4c4cc5c6ccccc6n(-c6nc(-c7ccccc7)nc(-c7cccc(-c8ccccc8)c7)n6)c5cc43)cc2)cc1. The van der Waals surface area contributed by atoms with Crippen molar-refractivity contribution in [1.82, 2.24) is 24.1 Å². The molecule has 0 aliphatic carbocycles. The Morgan fingerprint density at radius 3 is 1.28 bits per heavy atom. The van der Waals surface area contributed by atoms with Gasteiger partial charge >= 0.3 is 0 Å². The van der Waals surface area contributed by atoms with Gasteiger partial charge < -0.3 is 4.57 Å². The summed E-state index contributed by atoms with van der Waals surface area (Å²) in [4.78, 5) is 15.9. The molecule has 0 N–H and O–H groups in total. The van der Waals surface area contributed by atoms with Crippen molar-refractivity contribution in [2.45, 2.75) is 0 Å². The number of hydrogen-bond donors (Lipinski definition) is 0. The molecule has 13 rings (SSSR count). The van der Waals surface area contributed by atoms with Crippen LogP contribution < -0.4 is 0 Å². The first-order chi connectivity index (χ1) is 33.7. The molecule has 13 aromatic rings. The molecule has 10 aromatic carbocycles. The van der Waals surface area contributed by atoms with E-state index in [-0.39, 0.29) is 0 Å². The molecule has 0 aliphatic heterocycles. The van der Waals surface area contributed by atoms with Gasteiger partial charge in [-0.05, 0) is 75.3 Å². The van der Waals surface area contributed by atoms with Crippen LogP contribution in [0.3, 0.4) is 0 Å². The fourth-order valence-corrected chi connectivity index (χ4v) is 9.93. The summed E-state index contributed by atoms with van der Waals surface area (Å²) in [7, 11) is 0. The fraction of sp³-hybridized carbons (Fsp3) is 0. The lowest BCUT2D eigenvalue weighted by atomic mass is 9.96. The van der Waals surface area contributed by atoms with Crippen LogP contribution >= 0.6 is 0 Å². The standard InChI is InChI=1S/C63H41N5/c1-5-18-42(19-6-1)45-32-34-46(35-33-45)51-37-36-49(44-22-9-3-10-23-44)39-58(51)67-56-30-15-13-28-52(56)54-40-55-53-29-14-16-31-57(53)68(60(55)41-59(54)67)63-65-61(47-24-11-4-12-25-47)64-62(66-63)50-27-17-26-48(38-50)43-20-7-2-8-21-43/h1-41H. The topological polar surface area (TPSA) is 48.5 Å². The summed E-state index contributed by atoms with van der Waals surface area (Å²) >= 11 is 0. The van der Waals surface area contributed by atoms with Crippen molar-refractivity contribution in [1.29, 1.82) is 0 Å². The summed E-state index contributed by atoms with van der Waals surface area (Å²) in [5.74, 6) is 1.77. The lowest BCUT2D eigenvalue weighted by molar-refractivity contribution is 0.953. The summed E-state index contributed by atoms with van der Waals surface area (Å²) in [6.45, 7) is 0. The van der Waals surface area contributed by atoms with Crippen LogP contribution in [0.4, 0.5) is 0 Å². The average Bonchev–Trinajstić information content (AvgIpc) is 3.92. The molecule has 0 fully saturated rings. The molecule has 3 aromatic heterocycles. The van der Waals surface area contributed by atoms with Gasteiger partial charge in [0, 0.05) is 38.2 Å². The van der Waals surface area contributed by atoms with Crippen LogP contribution in [0.15, 0.2) is 249 Å². The Bertz CT molecular complexity index is 3990. The van der Waals surface area contributed by atoms with Crippen LogP contribution in [0, 0.1) is 0 Å². The first-order valence-corrected chi connectivity index (χ1v) is 23.0. The molecule has 0 saturated carbocycles. The minimum absolute atomic E-state index is 0.553. The number of fused-ring (bicyclic) bond motifs is 6. The van der Waals surface area contributed by atoms with E-state index < -0.39 is 0 Å². The first kappa shape index (κ1) is 39.2. The zero-order valence-electron chi connectivity index (χ0n) is 36.9. The largest absolute Gasteiger partial charge is 0.309 e. The second-order valence-electron chi connectivity index (χ2n) is 17.2. The number of hydrogen-bond acceptors (Lipinski definition) is 3. The van der Waals surface area contributed by atoms with E-state index in [0.717, 1.165) is 83.0 Å². The maximum absolute atomic E-state index is 5.37. The molecule has 0 atom stereocenters. The molecule has 0 amide bonds. The molecular formula is C63H41N5. The minimum atomic E-state index is 0.553. The maximum Gasteiger partial charge on any atom is 0.238 e. The van der Waals surface area contributed by atoms with Crippen molar-refractivity contribution in [3.8, 4) is 78.9 Å². The quantitative estimate of drug-likeness (QED) is 0.153. The number of benzene rings is 10. The highest BCUT2D eigenvalue weighted by molar-refractivity contribution is 6.19. The maximum atomic E-state index is 5.37. The molecule has 68 heavy (non-hydrogen) atoms. The summed E-state index contributed by atoms with van der Waals surface area (Å²) in [5.41, 5.74) is 16.4. The lowest BCUT2D eigenvalue weighted by Gasteiger charge is -2.17. The molecular weight excluding hydrogens is 827 g/mol. The monoisotopic (exact) mass is 867 g/mol. The predicted molar refractivity (Wildman–Crippen MR) is 281 cm³/mol. The Morgan fingerprint density at radius 1 is 0.235 bits per heavy atom. The molecule has 0 unspecified atom stereocenters. The Morgan fingerprint density at radius 2 is 0.662 bits per heavy atom. The van der Waals surface area contributed by atoms with Gasteiger partial charge in [0.05, 0.1) is 27.8 Å². The summed E-state index contributed by atoms with van der Waals surface area (Å²) in [5, 5.41) is 4.61. The first-order valence-electron chi connectivity index (χ1n) is 23.0. The lowest BCUT2D eigenvalue weighted by Crippen LogP contribution is -2.06. The molecule has 318 valence electrons. The number of para-hydroxylation sites is 2. The van der Waals surface area contributed by atoms with Gasteiger partial charge in [-0.25, -0.2) is 4.98 Å². The van der Waals surface area contributed by atoms with Gasteiger partial charge in [0.1, 0.15) is 0 Å². The smallest absolute Gasteiger partial charge is 0.238 e. The van der Waals surface area contributed by atoms with Gasteiger partial charge in [-0.15, -0.1) is 0 Å². The van der Waals surface area contributed by atoms with Crippen molar-refractivity contribution in [2.24, 2.45) is 0 Å². The molecule has 0 spiro atoms. The van der Waals surface area contributed by atoms with E-state index in [1.165, 1.54) is 21.9 Å². The van der Waals surface area contributed by atoms with Crippen LogP contribution in [0.25, 0.3) is 123 Å². The Hall–Kier alpha value is -9.19. The van der Waals surface area contributed by atoms with Crippen LogP contribution in [-0.2, 0) is 0 Å². The van der Waals surface area contributed by atoms with Crippen LogP contribution in [-0.4, -0.2) is 24.1 Å². The van der Waals surface area contributed by atoms with Gasteiger partial charge in [-0.2, -0.15) is 9.97 Å². The van der Waals surface area contributed by atoms with E-state index >= 15 is 0 Å². The van der Waals surface area contributed by atoms with Crippen molar-refractivity contribution in [2.75, 3.05) is 0 Å². The van der Waals surface area contributed by atoms with Crippen molar-refractivity contribution >= 4 is 43.6 Å². The number of aromatic nitrogens is 5. The second kappa shape index (κ2) is 16.4. The molecule has 5 nitrogen and oxygen atoms in total. The van der Waals surface area contributed by atoms with Gasteiger partial charge in [-0.1, -0.05) is 212 Å². The van der Waals surface area contributed by atoms with E-state index in [1.807, 2.05) is 24.3 Å². The minimum Gasteiger partial charge on any atom is -0.309 e. The predicted octanol–water partition coefficient (Wildman–Crippen LogP) is 16.1. The molecule has 0 saturated heterocycles. The van der Waals surface area contributed by atoms with Crippen LogP contribution in [0.5, 0.6) is 0 Å². The van der Waals surface area contributed by atoms with Crippen LogP contribution in [0.1, 0.15) is 0 Å². The summed E-state index contributed by atoms with van der Waals surface area (Å²) in [6, 6.07) is 88.4. The van der Waals surface area contributed by atoms with E-state index in [0.29, 0.717) is 17.6 Å². The molecule has 0 aliphatic rings. The van der Waals surface area contributed by atoms with Gasteiger partial charge in [-0.3, -0.25) is 4.57 Å². The molecule has 0 bridgehead atoms. The van der Waals surface area contributed by atoms with Crippen molar-refractivity contribution in [3.63, 3.8) is 0 Å². The Balaban J connectivity index is 1.08. The third-order valence-corrected chi connectivity index (χ3v) is 13.2. The molecule has 5 heteroatoms. The summed E-state index contributed by atoms with van der Waals surface area (Å²) < 4.78 is 4.69. The van der Waals surface area contributed by atoms with E-state index in [9.17, 15) is 0 Å². The third-order valence-electron chi connectivity index (χ3n) is 13.2. The van der Waals surface area contributed by atoms with Crippen molar-refractivity contribution < 1.29 is 0 Å². The number of rotatable bonds is 8. The summed E-state index contributed by atoms with van der Waals surface area (Å²) in [6.07, 6.45) is 0. The highest BCUT2D eigenvalue weighted by atomic mass is 15.2. The van der Waals surface area contributed by atoms with Gasteiger partial charge in [0.15, 0.2) is 11.6 Å². The van der Waals surface area contributed by atoms with E-state index in [4.69, 9.17) is 15.0 Å². The zero-order chi connectivity index (χ0) is 45.0. The molecule has 3 heterocycles. The van der Waals surface area contributed by atoms with E-state index in [2.05, 4.69) is 234 Å². The van der Waals surface area contributed by atoms with Gasteiger partial charge in [0.25, 0.3) is 0 Å². The molecule has 0 radical (unpaired) electrons. The average molecular weight is 868 g/mol. The normalized spacial score (nSPS) is 11.5. The van der Waals surface area contributed by atoms with Crippen molar-refractivity contribution in [3.05, 3.63) is 249 Å². The second-order valence-corrected chi connectivity index (χ2v) is 17.2. The van der Waals surface area contributed by atoms with Gasteiger partial charge in [0.2, 0.25) is 5.95 Å². The highest BCUT2D eigenvalue weighted by Gasteiger charge is 2.23. The zero-order valence-corrected chi connectivity index (χ0v) is 36.9. The van der Waals surface area contributed by atoms with E-state index in [1.54, 1.807) is 0 Å². The third kappa shape index (κ3) is 6.76. The highest BCUT2D eigenvalue weighted by Crippen LogP contribution is 2.42. The Kier molecular flexibility index (Phi) is 9.43.